The Labute approximate surface area is 241 Å². The van der Waals surface area contributed by atoms with Crippen molar-refractivity contribution in [1.82, 2.24) is 19.5 Å². The van der Waals surface area contributed by atoms with Crippen LogP contribution >= 0.6 is 0 Å². The molecule has 0 amide bonds. The molecule has 0 radical (unpaired) electrons. The fraction of sp³-hybridized carbons (Fsp3) is 0.250. The molecule has 2 N–H and O–H groups in total. The Morgan fingerprint density at radius 3 is 2.55 bits per heavy atom. The number of nitriles is 1. The van der Waals surface area contributed by atoms with E-state index in [1.807, 2.05) is 59.5 Å². The molecule has 0 unspecified atom stereocenters. The van der Waals surface area contributed by atoms with E-state index in [2.05, 4.69) is 21.4 Å². The molecule has 10 heteroatoms. The first kappa shape index (κ1) is 27.1. The monoisotopic (exact) mass is 565 g/mol. The maximum absolute atomic E-state index is 14.3. The van der Waals surface area contributed by atoms with Gasteiger partial charge in [0.05, 0.1) is 47.0 Å². The first-order valence-corrected chi connectivity index (χ1v) is 13.9. The standard InChI is InChI=1S/C32H29F2N7O/c1-2-32(33,34)23-12-13-27-28(18-23)39-31(38-27)40-17-15-26-25(20-40)29(42)41(24-6-4-3-5-7-24)30(37-26)36-19-22-10-8-21(9-11-22)14-16-35/h3-13,18H,2,14-15,17,19-20H2,1H3,(H,36,37)(H,38,39). The first-order chi connectivity index (χ1) is 20.4. The summed E-state index contributed by atoms with van der Waals surface area (Å²) in [5, 5.41) is 12.3. The number of para-hydroxylation sites is 1. The zero-order valence-electron chi connectivity index (χ0n) is 23.1. The number of rotatable bonds is 8. The summed E-state index contributed by atoms with van der Waals surface area (Å²) in [7, 11) is 0. The summed E-state index contributed by atoms with van der Waals surface area (Å²) in [6.45, 7) is 2.76. The number of hydrogen-bond acceptors (Lipinski definition) is 6. The van der Waals surface area contributed by atoms with Gasteiger partial charge in [-0.2, -0.15) is 5.26 Å². The number of fused-ring (bicyclic) bond motifs is 2. The molecule has 1 aliphatic rings. The molecule has 0 fully saturated rings. The Balaban J connectivity index is 1.32. The van der Waals surface area contributed by atoms with Crippen molar-refractivity contribution in [3.8, 4) is 11.8 Å². The van der Waals surface area contributed by atoms with Crippen LogP contribution in [0, 0.1) is 11.3 Å². The van der Waals surface area contributed by atoms with Gasteiger partial charge in [0.25, 0.3) is 11.5 Å². The molecule has 5 aromatic rings. The lowest BCUT2D eigenvalue weighted by Crippen LogP contribution is -2.39. The molecule has 0 bridgehead atoms. The average molecular weight is 566 g/mol. The van der Waals surface area contributed by atoms with Crippen LogP contribution in [0.3, 0.4) is 0 Å². The van der Waals surface area contributed by atoms with Crippen molar-refractivity contribution in [2.24, 2.45) is 0 Å². The highest BCUT2D eigenvalue weighted by Crippen LogP contribution is 2.33. The van der Waals surface area contributed by atoms with Gasteiger partial charge in [0, 0.05) is 31.5 Å². The van der Waals surface area contributed by atoms with Gasteiger partial charge in [-0.15, -0.1) is 0 Å². The van der Waals surface area contributed by atoms with Gasteiger partial charge in [0.1, 0.15) is 0 Å². The Morgan fingerprint density at radius 1 is 1.05 bits per heavy atom. The van der Waals surface area contributed by atoms with E-state index >= 15 is 0 Å². The fourth-order valence-electron chi connectivity index (χ4n) is 5.22. The van der Waals surface area contributed by atoms with Crippen molar-refractivity contribution < 1.29 is 8.78 Å². The number of aromatic nitrogens is 4. The van der Waals surface area contributed by atoms with E-state index in [0.717, 1.165) is 16.8 Å². The predicted octanol–water partition coefficient (Wildman–Crippen LogP) is 5.85. The zero-order chi connectivity index (χ0) is 29.3. The Morgan fingerprint density at radius 2 is 1.81 bits per heavy atom. The summed E-state index contributed by atoms with van der Waals surface area (Å²) in [5.74, 6) is -1.93. The Bertz CT molecular complexity index is 1840. The molecule has 0 saturated heterocycles. The van der Waals surface area contributed by atoms with Crippen LogP contribution in [0.5, 0.6) is 0 Å². The number of nitrogens with zero attached hydrogens (tertiary/aromatic N) is 5. The number of halogens is 2. The number of nitrogens with one attached hydrogen (secondary N) is 2. The zero-order valence-corrected chi connectivity index (χ0v) is 23.1. The molecule has 8 nitrogen and oxygen atoms in total. The first-order valence-electron chi connectivity index (χ1n) is 13.9. The molecule has 3 heterocycles. The van der Waals surface area contributed by atoms with Crippen molar-refractivity contribution in [3.63, 3.8) is 0 Å². The highest BCUT2D eigenvalue weighted by atomic mass is 19.3. The maximum atomic E-state index is 14.3. The molecule has 0 aliphatic carbocycles. The van der Waals surface area contributed by atoms with Gasteiger partial charge in [-0.25, -0.2) is 23.3 Å². The van der Waals surface area contributed by atoms with Gasteiger partial charge in [0.15, 0.2) is 0 Å². The normalized spacial score (nSPS) is 13.1. The second-order valence-corrected chi connectivity index (χ2v) is 10.4. The lowest BCUT2D eigenvalue weighted by atomic mass is 10.1. The number of alkyl halides is 2. The van der Waals surface area contributed by atoms with Crippen LogP contribution in [0.25, 0.3) is 16.7 Å². The van der Waals surface area contributed by atoms with E-state index in [4.69, 9.17) is 10.2 Å². The predicted molar refractivity (Wildman–Crippen MR) is 158 cm³/mol. The third-order valence-electron chi connectivity index (χ3n) is 7.64. The molecule has 0 spiro atoms. The van der Waals surface area contributed by atoms with E-state index < -0.39 is 5.92 Å². The van der Waals surface area contributed by atoms with E-state index in [1.54, 1.807) is 10.6 Å². The Hall–Kier alpha value is -5.04. The van der Waals surface area contributed by atoms with Gasteiger partial charge in [-0.3, -0.25) is 4.79 Å². The molecule has 0 saturated carbocycles. The highest BCUT2D eigenvalue weighted by molar-refractivity contribution is 5.78. The Kier molecular flexibility index (Phi) is 7.17. The highest BCUT2D eigenvalue weighted by Gasteiger charge is 2.30. The molecule has 212 valence electrons. The summed E-state index contributed by atoms with van der Waals surface area (Å²) in [6.07, 6.45) is 0.594. The van der Waals surface area contributed by atoms with E-state index in [9.17, 15) is 13.6 Å². The van der Waals surface area contributed by atoms with Crippen LogP contribution in [-0.2, 0) is 31.9 Å². The third kappa shape index (κ3) is 5.21. The van der Waals surface area contributed by atoms with Crippen molar-refractivity contribution >= 4 is 22.9 Å². The third-order valence-corrected chi connectivity index (χ3v) is 7.64. The number of anilines is 2. The molecule has 0 atom stereocenters. The quantitative estimate of drug-likeness (QED) is 0.245. The smallest absolute Gasteiger partial charge is 0.273 e. The molecule has 42 heavy (non-hydrogen) atoms. The van der Waals surface area contributed by atoms with E-state index in [1.165, 1.54) is 19.1 Å². The number of H-pyrrole nitrogens is 1. The summed E-state index contributed by atoms with van der Waals surface area (Å²) < 4.78 is 30.2. The van der Waals surface area contributed by atoms with Crippen molar-refractivity contribution in [2.45, 2.75) is 45.2 Å². The molecule has 1 aliphatic heterocycles. The largest absolute Gasteiger partial charge is 0.351 e. The van der Waals surface area contributed by atoms with Gasteiger partial charge in [-0.1, -0.05) is 55.5 Å². The number of hydrogen-bond donors (Lipinski definition) is 2. The second-order valence-electron chi connectivity index (χ2n) is 10.4. The molecule has 2 aromatic heterocycles. The van der Waals surface area contributed by atoms with Crippen LogP contribution in [0.15, 0.2) is 77.6 Å². The summed E-state index contributed by atoms with van der Waals surface area (Å²) in [5.41, 5.74) is 4.81. The number of aromatic amines is 1. The maximum Gasteiger partial charge on any atom is 0.273 e. The lowest BCUT2D eigenvalue weighted by Gasteiger charge is -2.28. The van der Waals surface area contributed by atoms with Gasteiger partial charge >= 0.3 is 0 Å². The topological polar surface area (TPSA) is 103 Å². The second kappa shape index (κ2) is 11.1. The number of benzene rings is 3. The lowest BCUT2D eigenvalue weighted by molar-refractivity contribution is -0.00816. The summed E-state index contributed by atoms with van der Waals surface area (Å²) in [4.78, 5) is 28.7. The van der Waals surface area contributed by atoms with Crippen LogP contribution in [0.4, 0.5) is 20.7 Å². The number of imidazole rings is 1. The minimum Gasteiger partial charge on any atom is -0.351 e. The average Bonchev–Trinajstić information content (AvgIpc) is 3.45. The van der Waals surface area contributed by atoms with Crippen molar-refractivity contribution in [2.75, 3.05) is 16.8 Å². The van der Waals surface area contributed by atoms with Gasteiger partial charge < -0.3 is 15.2 Å². The molecule has 6 rings (SSSR count). The summed E-state index contributed by atoms with van der Waals surface area (Å²) >= 11 is 0. The van der Waals surface area contributed by atoms with Gasteiger partial charge in [-0.05, 0) is 35.4 Å². The van der Waals surface area contributed by atoms with Gasteiger partial charge in [0.2, 0.25) is 11.9 Å². The minimum atomic E-state index is -2.91. The van der Waals surface area contributed by atoms with E-state index in [0.29, 0.717) is 60.1 Å². The minimum absolute atomic E-state index is 0.0511. The molecule has 3 aromatic carbocycles. The van der Waals surface area contributed by atoms with Crippen molar-refractivity contribution in [1.29, 1.82) is 5.26 Å². The molecular formula is C32H29F2N7O. The fourth-order valence-corrected chi connectivity index (χ4v) is 5.22. The molecular weight excluding hydrogens is 536 g/mol. The van der Waals surface area contributed by atoms with Crippen LogP contribution in [0.1, 0.15) is 41.3 Å². The van der Waals surface area contributed by atoms with Crippen LogP contribution < -0.4 is 15.8 Å². The van der Waals surface area contributed by atoms with Crippen molar-refractivity contribution in [3.05, 3.63) is 111 Å². The van der Waals surface area contributed by atoms with E-state index in [-0.39, 0.29) is 24.1 Å². The van der Waals surface area contributed by atoms with Crippen LogP contribution in [0.2, 0.25) is 0 Å². The van der Waals surface area contributed by atoms with Crippen LogP contribution in [-0.4, -0.2) is 26.1 Å². The SMILES string of the molecule is CCC(F)(F)c1ccc2nc(N3CCc4nc(NCc5ccc(CC#N)cc5)n(-c5ccccc5)c(=O)c4C3)[nH]c2c1. The summed E-state index contributed by atoms with van der Waals surface area (Å²) in [6, 6.07) is 23.7.